The van der Waals surface area contributed by atoms with E-state index in [1.165, 1.54) is 11.0 Å². The Morgan fingerprint density at radius 3 is 2.75 bits per heavy atom. The van der Waals surface area contributed by atoms with Crippen LogP contribution in [0.5, 0.6) is 0 Å². The van der Waals surface area contributed by atoms with Crippen LogP contribution < -0.4 is 5.32 Å². The minimum Gasteiger partial charge on any atom is -0.480 e. The summed E-state index contributed by atoms with van der Waals surface area (Å²) in [7, 11) is 0. The zero-order valence-corrected chi connectivity index (χ0v) is 12.3. The molecule has 0 saturated carbocycles. The molecule has 2 N–H and O–H groups in total. The van der Waals surface area contributed by atoms with Crippen LogP contribution in [0, 0.1) is 0 Å². The van der Waals surface area contributed by atoms with Crippen molar-refractivity contribution in [2.24, 2.45) is 0 Å². The molecule has 1 fully saturated rings. The van der Waals surface area contributed by atoms with Gasteiger partial charge < -0.3 is 15.3 Å². The minimum atomic E-state index is -1.19. The van der Waals surface area contributed by atoms with Crippen molar-refractivity contribution in [2.45, 2.75) is 25.3 Å². The van der Waals surface area contributed by atoms with Gasteiger partial charge in [0.2, 0.25) is 0 Å². The second-order valence-corrected chi connectivity index (χ2v) is 5.73. The van der Waals surface area contributed by atoms with Crippen LogP contribution in [-0.4, -0.2) is 34.1 Å². The van der Waals surface area contributed by atoms with E-state index in [1.807, 2.05) is 0 Å². The highest BCUT2D eigenvalue weighted by Gasteiger charge is 2.46. The molecule has 1 saturated heterocycles. The molecule has 1 heterocycles. The molecule has 1 aromatic rings. The number of nitrogens with one attached hydrogen (secondary N) is 1. The Kier molecular flexibility index (Phi) is 4.11. The highest BCUT2D eigenvalue weighted by molar-refractivity contribution is 6.35. The third kappa shape index (κ3) is 2.69. The number of anilines is 1. The maximum atomic E-state index is 12.2. The standard InChI is InChI=1S/C13H14Cl2N2O3/c1-13(11(18)19)5-2-6-17(13)12(20)16-10-7-8(14)3-4-9(10)15/h3-4,7H,2,5-6H2,1H3,(H,16,20)(H,18,19). The zero-order valence-electron chi connectivity index (χ0n) is 10.8. The number of aliphatic carboxylic acids is 1. The van der Waals surface area contributed by atoms with Crippen LogP contribution in [-0.2, 0) is 4.79 Å². The van der Waals surface area contributed by atoms with Crippen molar-refractivity contribution >= 4 is 40.9 Å². The molecule has 1 aliphatic heterocycles. The normalized spacial score (nSPS) is 21.9. The maximum absolute atomic E-state index is 12.2. The summed E-state index contributed by atoms with van der Waals surface area (Å²) in [6.45, 7) is 1.94. The topological polar surface area (TPSA) is 69.6 Å². The van der Waals surface area contributed by atoms with Crippen LogP contribution in [0.4, 0.5) is 10.5 Å². The van der Waals surface area contributed by atoms with Gasteiger partial charge in [0, 0.05) is 11.6 Å². The molecule has 0 aromatic heterocycles. The molecular formula is C13H14Cl2N2O3. The van der Waals surface area contributed by atoms with Gasteiger partial charge >= 0.3 is 12.0 Å². The van der Waals surface area contributed by atoms with Crippen LogP contribution in [0.2, 0.25) is 10.0 Å². The molecule has 1 unspecified atom stereocenters. The SMILES string of the molecule is CC1(C(=O)O)CCCN1C(=O)Nc1cc(Cl)ccc1Cl. The van der Waals surface area contributed by atoms with E-state index in [-0.39, 0.29) is 0 Å². The Labute approximate surface area is 126 Å². The molecule has 0 spiro atoms. The second-order valence-electron chi connectivity index (χ2n) is 4.89. The Balaban J connectivity index is 2.20. The molecule has 0 radical (unpaired) electrons. The van der Waals surface area contributed by atoms with Crippen molar-refractivity contribution in [1.82, 2.24) is 4.90 Å². The predicted octanol–water partition coefficient (Wildman–Crippen LogP) is 3.46. The summed E-state index contributed by atoms with van der Waals surface area (Å²) in [4.78, 5) is 24.9. The van der Waals surface area contributed by atoms with Gasteiger partial charge in [0.05, 0.1) is 10.7 Å². The van der Waals surface area contributed by atoms with Crippen molar-refractivity contribution in [3.63, 3.8) is 0 Å². The molecule has 1 aromatic carbocycles. The Bertz CT molecular complexity index is 565. The van der Waals surface area contributed by atoms with E-state index in [9.17, 15) is 14.7 Å². The number of nitrogens with zero attached hydrogens (tertiary/aromatic N) is 1. The van der Waals surface area contributed by atoms with Gasteiger partial charge in [0.1, 0.15) is 5.54 Å². The molecule has 2 rings (SSSR count). The third-order valence-electron chi connectivity index (χ3n) is 3.52. The molecular weight excluding hydrogens is 303 g/mol. The predicted molar refractivity (Wildman–Crippen MR) is 77.5 cm³/mol. The summed E-state index contributed by atoms with van der Waals surface area (Å²) in [5.41, 5.74) is -0.821. The molecule has 2 amide bonds. The number of hydrogen-bond acceptors (Lipinski definition) is 2. The summed E-state index contributed by atoms with van der Waals surface area (Å²) in [6.07, 6.45) is 1.08. The molecule has 20 heavy (non-hydrogen) atoms. The van der Waals surface area contributed by atoms with E-state index < -0.39 is 17.5 Å². The van der Waals surface area contributed by atoms with Crippen LogP contribution in [0.15, 0.2) is 18.2 Å². The van der Waals surface area contributed by atoms with Gasteiger partial charge in [0.25, 0.3) is 0 Å². The number of carbonyl (C=O) groups is 2. The van der Waals surface area contributed by atoms with Crippen LogP contribution >= 0.6 is 23.2 Å². The highest BCUT2D eigenvalue weighted by atomic mass is 35.5. The largest absolute Gasteiger partial charge is 0.480 e. The van der Waals surface area contributed by atoms with Gasteiger partial charge in [0.15, 0.2) is 0 Å². The van der Waals surface area contributed by atoms with Crippen molar-refractivity contribution in [3.05, 3.63) is 28.2 Å². The maximum Gasteiger partial charge on any atom is 0.329 e. The third-order valence-corrected chi connectivity index (χ3v) is 4.08. The number of hydrogen-bond donors (Lipinski definition) is 2. The Hall–Kier alpha value is -1.46. The zero-order chi connectivity index (χ0) is 14.9. The average molecular weight is 317 g/mol. The fraction of sp³-hybridized carbons (Fsp3) is 0.385. The first-order chi connectivity index (χ1) is 9.34. The fourth-order valence-corrected chi connectivity index (χ4v) is 2.62. The minimum absolute atomic E-state index is 0.346. The van der Waals surface area contributed by atoms with E-state index >= 15 is 0 Å². The summed E-state index contributed by atoms with van der Waals surface area (Å²) < 4.78 is 0. The first kappa shape index (κ1) is 14.9. The number of likely N-dealkylation sites (tertiary alicyclic amines) is 1. The summed E-state index contributed by atoms with van der Waals surface area (Å²) >= 11 is 11.8. The van der Waals surface area contributed by atoms with Gasteiger partial charge in [-0.2, -0.15) is 0 Å². The van der Waals surface area contributed by atoms with Gasteiger partial charge in [-0.3, -0.25) is 0 Å². The number of benzene rings is 1. The van der Waals surface area contributed by atoms with Crippen LogP contribution in [0.3, 0.4) is 0 Å². The lowest BCUT2D eigenvalue weighted by Gasteiger charge is -2.31. The first-order valence-electron chi connectivity index (χ1n) is 6.11. The van der Waals surface area contributed by atoms with Gasteiger partial charge in [-0.1, -0.05) is 23.2 Å². The summed E-state index contributed by atoms with van der Waals surface area (Å²) in [5, 5.41) is 12.7. The highest BCUT2D eigenvalue weighted by Crippen LogP contribution is 2.31. The molecule has 5 nitrogen and oxygen atoms in total. The lowest BCUT2D eigenvalue weighted by molar-refractivity contribution is -0.146. The van der Waals surface area contributed by atoms with Crippen molar-refractivity contribution in [1.29, 1.82) is 0 Å². The van der Waals surface area contributed by atoms with E-state index in [1.54, 1.807) is 19.1 Å². The molecule has 1 aliphatic rings. The fourth-order valence-electron chi connectivity index (χ4n) is 2.29. The number of carboxylic acid groups (broad SMARTS) is 1. The number of halogens is 2. The quantitative estimate of drug-likeness (QED) is 0.877. The van der Waals surface area contributed by atoms with E-state index in [0.717, 1.165) is 0 Å². The Morgan fingerprint density at radius 2 is 2.10 bits per heavy atom. The molecule has 0 aliphatic carbocycles. The smallest absolute Gasteiger partial charge is 0.329 e. The lowest BCUT2D eigenvalue weighted by Crippen LogP contribution is -2.52. The molecule has 0 bridgehead atoms. The van der Waals surface area contributed by atoms with Crippen molar-refractivity contribution < 1.29 is 14.7 Å². The molecule has 1 atom stereocenters. The first-order valence-corrected chi connectivity index (χ1v) is 6.87. The number of rotatable bonds is 2. The summed E-state index contributed by atoms with van der Waals surface area (Å²) in [6, 6.07) is 4.21. The lowest BCUT2D eigenvalue weighted by atomic mass is 10.00. The van der Waals surface area contributed by atoms with E-state index in [4.69, 9.17) is 23.2 Å². The van der Waals surface area contributed by atoms with Gasteiger partial charge in [-0.05, 0) is 38.0 Å². The van der Waals surface area contributed by atoms with Crippen LogP contribution in [0.1, 0.15) is 19.8 Å². The summed E-state index contributed by atoms with van der Waals surface area (Å²) in [5.74, 6) is -1.01. The van der Waals surface area contributed by atoms with Crippen LogP contribution in [0.25, 0.3) is 0 Å². The number of urea groups is 1. The van der Waals surface area contributed by atoms with E-state index in [0.29, 0.717) is 35.1 Å². The Morgan fingerprint density at radius 1 is 1.40 bits per heavy atom. The van der Waals surface area contributed by atoms with Gasteiger partial charge in [-0.25, -0.2) is 9.59 Å². The van der Waals surface area contributed by atoms with Crippen molar-refractivity contribution in [2.75, 3.05) is 11.9 Å². The van der Waals surface area contributed by atoms with Crippen molar-refractivity contribution in [3.8, 4) is 0 Å². The molecule has 108 valence electrons. The number of carboxylic acids is 1. The second kappa shape index (κ2) is 5.50. The monoisotopic (exact) mass is 316 g/mol. The van der Waals surface area contributed by atoms with E-state index in [2.05, 4.69) is 5.32 Å². The average Bonchev–Trinajstić information content (AvgIpc) is 2.77. The number of carbonyl (C=O) groups excluding carboxylic acids is 1. The van der Waals surface area contributed by atoms with Gasteiger partial charge in [-0.15, -0.1) is 0 Å². The number of amides is 2. The molecule has 7 heteroatoms.